The summed E-state index contributed by atoms with van der Waals surface area (Å²) in [6, 6.07) is 14.7. The zero-order chi connectivity index (χ0) is 23.7. The molecule has 0 aliphatic carbocycles. The minimum atomic E-state index is -0.319. The second-order valence-electron chi connectivity index (χ2n) is 8.83. The first-order chi connectivity index (χ1) is 15.9. The van der Waals surface area contributed by atoms with Gasteiger partial charge in [-0.1, -0.05) is 31.2 Å². The molecule has 1 aliphatic rings. The SMILES string of the molecule is CC[C@@H]1CN(c2nc(=O)n(C)c3ccc(C#N)nc23)C(C)CN1C(C)c1ccc(CN)cc1. The number of anilines is 1. The van der Waals surface area contributed by atoms with Crippen molar-refractivity contribution in [2.75, 3.05) is 18.0 Å². The molecule has 2 N–H and O–H groups in total. The average Bonchev–Trinajstić information content (AvgIpc) is 2.85. The summed E-state index contributed by atoms with van der Waals surface area (Å²) >= 11 is 0. The van der Waals surface area contributed by atoms with E-state index in [9.17, 15) is 10.1 Å². The summed E-state index contributed by atoms with van der Waals surface area (Å²) in [6.07, 6.45) is 0.966. The normalized spacial score (nSPS) is 20.1. The zero-order valence-corrected chi connectivity index (χ0v) is 19.7. The lowest BCUT2D eigenvalue weighted by atomic mass is 9.98. The van der Waals surface area contributed by atoms with E-state index in [2.05, 4.69) is 70.9 Å². The van der Waals surface area contributed by atoms with Crippen LogP contribution in [0.5, 0.6) is 0 Å². The molecule has 1 aliphatic heterocycles. The number of pyridine rings is 1. The molecule has 2 unspecified atom stereocenters. The summed E-state index contributed by atoms with van der Waals surface area (Å²) in [5.74, 6) is 0.566. The largest absolute Gasteiger partial charge is 0.349 e. The second kappa shape index (κ2) is 9.30. The number of aromatic nitrogens is 3. The molecule has 1 aromatic carbocycles. The molecule has 0 bridgehead atoms. The molecule has 0 saturated carbocycles. The third kappa shape index (κ3) is 4.22. The van der Waals surface area contributed by atoms with Gasteiger partial charge in [-0.3, -0.25) is 9.47 Å². The first-order valence-electron chi connectivity index (χ1n) is 11.5. The Hall–Kier alpha value is -3.28. The van der Waals surface area contributed by atoms with Gasteiger partial charge in [0.05, 0.1) is 5.52 Å². The van der Waals surface area contributed by atoms with Gasteiger partial charge in [0.15, 0.2) is 5.82 Å². The van der Waals surface area contributed by atoms with Crippen LogP contribution in [-0.2, 0) is 13.6 Å². The van der Waals surface area contributed by atoms with Crippen LogP contribution in [0.3, 0.4) is 0 Å². The molecule has 172 valence electrons. The molecule has 8 nitrogen and oxygen atoms in total. The van der Waals surface area contributed by atoms with Gasteiger partial charge in [0.2, 0.25) is 0 Å². The first kappa shape index (κ1) is 22.9. The molecule has 3 atom stereocenters. The molecule has 1 saturated heterocycles. The second-order valence-corrected chi connectivity index (χ2v) is 8.83. The number of nitriles is 1. The van der Waals surface area contributed by atoms with Crippen LogP contribution in [0.4, 0.5) is 5.82 Å². The van der Waals surface area contributed by atoms with Gasteiger partial charge in [-0.2, -0.15) is 10.2 Å². The number of benzene rings is 1. The van der Waals surface area contributed by atoms with Gasteiger partial charge in [0, 0.05) is 44.8 Å². The minimum Gasteiger partial charge on any atom is -0.349 e. The van der Waals surface area contributed by atoms with Crippen LogP contribution in [0.25, 0.3) is 11.0 Å². The monoisotopic (exact) mass is 445 g/mol. The van der Waals surface area contributed by atoms with Crippen molar-refractivity contribution in [2.45, 2.75) is 51.9 Å². The Morgan fingerprint density at radius 1 is 1.18 bits per heavy atom. The molecule has 4 rings (SSSR count). The number of aryl methyl sites for hydroxylation is 1. The summed E-state index contributed by atoms with van der Waals surface area (Å²) < 4.78 is 1.48. The Bertz CT molecular complexity index is 1240. The number of nitrogens with two attached hydrogens (primary N) is 1. The van der Waals surface area contributed by atoms with Crippen molar-refractivity contribution < 1.29 is 0 Å². The van der Waals surface area contributed by atoms with Crippen LogP contribution in [-0.4, -0.2) is 44.6 Å². The Morgan fingerprint density at radius 2 is 1.91 bits per heavy atom. The van der Waals surface area contributed by atoms with E-state index in [4.69, 9.17) is 5.73 Å². The number of hydrogen-bond acceptors (Lipinski definition) is 7. The van der Waals surface area contributed by atoms with E-state index in [0.717, 1.165) is 25.1 Å². The van der Waals surface area contributed by atoms with Crippen molar-refractivity contribution in [3.05, 3.63) is 63.7 Å². The Labute approximate surface area is 194 Å². The number of rotatable bonds is 5. The zero-order valence-electron chi connectivity index (χ0n) is 19.7. The standard InChI is InChI=1S/C25H31N7O/c1-5-21-15-31(16(2)14-32(21)17(3)19-8-6-18(12-26)7-9-19)24-23-22(30(4)25(33)29-24)11-10-20(13-27)28-23/h6-11,16-17,21H,5,12,14-15,26H2,1-4H3/t16?,17?,21-/m1/s1. The summed E-state index contributed by atoms with van der Waals surface area (Å²) in [7, 11) is 1.68. The first-order valence-corrected chi connectivity index (χ1v) is 11.5. The predicted octanol–water partition coefficient (Wildman–Crippen LogP) is 2.71. The van der Waals surface area contributed by atoms with E-state index in [1.54, 1.807) is 19.2 Å². The van der Waals surface area contributed by atoms with Crippen LogP contribution in [0.1, 0.15) is 50.1 Å². The summed E-state index contributed by atoms with van der Waals surface area (Å²) in [5, 5.41) is 9.36. The van der Waals surface area contributed by atoms with E-state index in [1.165, 1.54) is 10.1 Å². The molecule has 8 heteroatoms. The highest BCUT2D eigenvalue weighted by Gasteiger charge is 2.35. The van der Waals surface area contributed by atoms with Gasteiger partial charge in [0.25, 0.3) is 0 Å². The average molecular weight is 446 g/mol. The van der Waals surface area contributed by atoms with Crippen molar-refractivity contribution in [1.82, 2.24) is 19.4 Å². The fourth-order valence-corrected chi connectivity index (χ4v) is 4.79. The van der Waals surface area contributed by atoms with E-state index in [0.29, 0.717) is 29.1 Å². The van der Waals surface area contributed by atoms with Crippen molar-refractivity contribution in [2.24, 2.45) is 12.8 Å². The summed E-state index contributed by atoms with van der Waals surface area (Å²) in [6.45, 7) is 8.70. The number of fused-ring (bicyclic) bond motifs is 1. The molecule has 1 fully saturated rings. The third-order valence-corrected chi connectivity index (χ3v) is 6.87. The maximum atomic E-state index is 12.6. The molecular weight excluding hydrogens is 414 g/mol. The van der Waals surface area contributed by atoms with Crippen LogP contribution < -0.4 is 16.3 Å². The molecule has 3 aromatic rings. The van der Waals surface area contributed by atoms with E-state index < -0.39 is 0 Å². The molecule has 2 aromatic heterocycles. The minimum absolute atomic E-state index is 0.119. The van der Waals surface area contributed by atoms with Crippen molar-refractivity contribution >= 4 is 16.9 Å². The van der Waals surface area contributed by atoms with E-state index in [-0.39, 0.29) is 23.8 Å². The van der Waals surface area contributed by atoms with Gasteiger partial charge in [-0.15, -0.1) is 0 Å². The van der Waals surface area contributed by atoms with Gasteiger partial charge >= 0.3 is 5.69 Å². The summed E-state index contributed by atoms with van der Waals surface area (Å²) in [4.78, 5) is 26.3. The maximum Gasteiger partial charge on any atom is 0.349 e. The molecule has 0 amide bonds. The van der Waals surface area contributed by atoms with Crippen molar-refractivity contribution in [3.63, 3.8) is 0 Å². The number of hydrogen-bond donors (Lipinski definition) is 1. The molecular formula is C25H31N7O. The lowest BCUT2D eigenvalue weighted by Crippen LogP contribution is -2.58. The quantitative estimate of drug-likeness (QED) is 0.644. The highest BCUT2D eigenvalue weighted by molar-refractivity contribution is 5.86. The fourth-order valence-electron chi connectivity index (χ4n) is 4.79. The third-order valence-electron chi connectivity index (χ3n) is 6.87. The van der Waals surface area contributed by atoms with Gasteiger partial charge in [-0.25, -0.2) is 9.78 Å². The molecule has 3 heterocycles. The van der Waals surface area contributed by atoms with Crippen LogP contribution in [0.2, 0.25) is 0 Å². The van der Waals surface area contributed by atoms with Crippen LogP contribution >= 0.6 is 0 Å². The number of nitrogens with zero attached hydrogens (tertiary/aromatic N) is 6. The smallest absolute Gasteiger partial charge is 0.349 e. The fraction of sp³-hybridized carbons (Fsp3) is 0.440. The predicted molar refractivity (Wildman–Crippen MR) is 130 cm³/mol. The highest BCUT2D eigenvalue weighted by atomic mass is 16.1. The maximum absolute atomic E-state index is 12.6. The van der Waals surface area contributed by atoms with Gasteiger partial charge in [0.1, 0.15) is 17.3 Å². The Balaban J connectivity index is 1.69. The van der Waals surface area contributed by atoms with Crippen molar-refractivity contribution in [1.29, 1.82) is 5.26 Å². The van der Waals surface area contributed by atoms with E-state index >= 15 is 0 Å². The number of piperazine rings is 1. The topological polar surface area (TPSA) is 104 Å². The highest BCUT2D eigenvalue weighted by Crippen LogP contribution is 2.32. The van der Waals surface area contributed by atoms with Gasteiger partial charge < -0.3 is 10.6 Å². The van der Waals surface area contributed by atoms with Crippen molar-refractivity contribution in [3.8, 4) is 6.07 Å². The lowest BCUT2D eigenvalue weighted by molar-refractivity contribution is 0.106. The van der Waals surface area contributed by atoms with Crippen LogP contribution in [0.15, 0.2) is 41.2 Å². The van der Waals surface area contributed by atoms with E-state index in [1.807, 2.05) is 0 Å². The molecule has 0 radical (unpaired) electrons. The molecule has 33 heavy (non-hydrogen) atoms. The molecule has 0 spiro atoms. The summed E-state index contributed by atoms with van der Waals surface area (Å²) in [5.41, 5.74) is 9.43. The Kier molecular flexibility index (Phi) is 6.45. The van der Waals surface area contributed by atoms with Gasteiger partial charge in [-0.05, 0) is 43.5 Å². The lowest BCUT2D eigenvalue weighted by Gasteiger charge is -2.48. The van der Waals surface area contributed by atoms with Crippen LogP contribution in [0, 0.1) is 11.3 Å². The Morgan fingerprint density at radius 3 is 2.55 bits per heavy atom.